The summed E-state index contributed by atoms with van der Waals surface area (Å²) in [5.74, 6) is 0.211. The maximum Gasteiger partial charge on any atom is 0.268 e. The molecule has 2 aromatic carbocycles. The smallest absolute Gasteiger partial charge is 0.268 e. The molecule has 0 atom stereocenters. The minimum atomic E-state index is -4.07. The van der Waals surface area contributed by atoms with E-state index in [4.69, 9.17) is 16.3 Å². The minimum absolute atomic E-state index is 0.103. The molecule has 0 unspecified atom stereocenters. The number of anilines is 2. The van der Waals surface area contributed by atoms with Crippen molar-refractivity contribution in [2.24, 2.45) is 0 Å². The van der Waals surface area contributed by atoms with Gasteiger partial charge < -0.3 is 20.7 Å². The molecule has 4 N–H and O–H groups in total. The van der Waals surface area contributed by atoms with Crippen LogP contribution in [-0.2, 0) is 10.0 Å². The van der Waals surface area contributed by atoms with Crippen molar-refractivity contribution in [1.82, 2.24) is 25.0 Å². The number of benzene rings is 2. The number of hydrogen-bond donors (Lipinski definition) is 4. The number of carbonyl (C=O) groups excluding carboxylic acids is 2. The molecule has 1 aromatic heterocycles. The van der Waals surface area contributed by atoms with E-state index in [1.807, 2.05) is 32.4 Å². The zero-order chi connectivity index (χ0) is 30.2. The summed E-state index contributed by atoms with van der Waals surface area (Å²) in [7, 11) is -2.68. The van der Waals surface area contributed by atoms with Crippen LogP contribution in [-0.4, -0.2) is 60.4 Å². The van der Waals surface area contributed by atoms with Crippen LogP contribution in [0.2, 0.25) is 5.28 Å². The fourth-order valence-corrected chi connectivity index (χ4v) is 4.45. The SMILES string of the molecule is CCNc1nc(Cl)nc(NC(C)(C)C)n1.COc1ccccc1C(=O)NS(=O)(=O)c1ccc(C(=O)NC2CC2)cc1. The highest BCUT2D eigenvalue weighted by Crippen LogP contribution is 2.21. The van der Waals surface area contributed by atoms with Gasteiger partial charge in [-0.05, 0) is 88.5 Å². The molecule has 1 fully saturated rings. The summed E-state index contributed by atoms with van der Waals surface area (Å²) in [4.78, 5) is 36.2. The number of amides is 2. The summed E-state index contributed by atoms with van der Waals surface area (Å²) in [6, 6.07) is 11.9. The van der Waals surface area contributed by atoms with Crippen molar-refractivity contribution < 1.29 is 22.7 Å². The van der Waals surface area contributed by atoms with Gasteiger partial charge in [-0.3, -0.25) is 9.59 Å². The van der Waals surface area contributed by atoms with Gasteiger partial charge in [0.25, 0.3) is 21.8 Å². The molecular formula is C27H34ClN7O5S. The van der Waals surface area contributed by atoms with Gasteiger partial charge in [-0.15, -0.1) is 0 Å². The highest BCUT2D eigenvalue weighted by atomic mass is 35.5. The number of halogens is 1. The first kappa shape index (κ1) is 31.6. The third kappa shape index (κ3) is 9.87. The second-order valence-electron chi connectivity index (χ2n) is 10.1. The van der Waals surface area contributed by atoms with Gasteiger partial charge in [0, 0.05) is 23.7 Å². The summed E-state index contributed by atoms with van der Waals surface area (Å²) in [6.45, 7) is 8.79. The largest absolute Gasteiger partial charge is 0.496 e. The number of methoxy groups -OCH3 is 1. The molecule has 0 aliphatic heterocycles. The summed E-state index contributed by atoms with van der Waals surface area (Å²) < 4.78 is 31.9. The number of nitrogens with one attached hydrogen (secondary N) is 4. The molecule has 14 heteroatoms. The van der Waals surface area contributed by atoms with E-state index >= 15 is 0 Å². The molecule has 0 radical (unpaired) electrons. The molecule has 1 aliphatic carbocycles. The van der Waals surface area contributed by atoms with Crippen LogP contribution < -0.4 is 25.4 Å². The van der Waals surface area contributed by atoms with Gasteiger partial charge in [-0.2, -0.15) is 15.0 Å². The van der Waals surface area contributed by atoms with E-state index in [9.17, 15) is 18.0 Å². The number of nitrogens with zero attached hydrogens (tertiary/aromatic N) is 3. The number of hydrogen-bond acceptors (Lipinski definition) is 10. The van der Waals surface area contributed by atoms with E-state index < -0.39 is 15.9 Å². The lowest BCUT2D eigenvalue weighted by atomic mass is 10.1. The van der Waals surface area contributed by atoms with Crippen molar-refractivity contribution in [3.63, 3.8) is 0 Å². The van der Waals surface area contributed by atoms with Crippen molar-refractivity contribution in [3.8, 4) is 5.75 Å². The Kier molecular flexibility index (Phi) is 10.5. The molecular weight excluding hydrogens is 570 g/mol. The lowest BCUT2D eigenvalue weighted by molar-refractivity contribution is 0.0948. The van der Waals surface area contributed by atoms with Crippen LogP contribution in [0.3, 0.4) is 0 Å². The van der Waals surface area contributed by atoms with Crippen LogP contribution in [0, 0.1) is 0 Å². The number of carbonyl (C=O) groups is 2. The molecule has 1 saturated carbocycles. The molecule has 0 bridgehead atoms. The van der Waals surface area contributed by atoms with E-state index in [0.717, 1.165) is 19.4 Å². The molecule has 1 aliphatic rings. The van der Waals surface area contributed by atoms with Crippen LogP contribution in [0.1, 0.15) is 61.3 Å². The Balaban J connectivity index is 0.000000263. The summed E-state index contributed by atoms with van der Waals surface area (Å²) in [5.41, 5.74) is 0.375. The van der Waals surface area contributed by atoms with E-state index in [-0.39, 0.29) is 39.0 Å². The Hall–Kier alpha value is -3.97. The normalized spacial score (nSPS) is 12.8. The predicted octanol–water partition coefficient (Wildman–Crippen LogP) is 3.87. The summed E-state index contributed by atoms with van der Waals surface area (Å²) >= 11 is 5.77. The zero-order valence-corrected chi connectivity index (χ0v) is 25.1. The van der Waals surface area contributed by atoms with Crippen molar-refractivity contribution in [1.29, 1.82) is 0 Å². The molecule has 3 aromatic rings. The van der Waals surface area contributed by atoms with Gasteiger partial charge in [-0.25, -0.2) is 13.1 Å². The molecule has 12 nitrogen and oxygen atoms in total. The molecule has 41 heavy (non-hydrogen) atoms. The standard InChI is InChI=1S/C18H18N2O5S.C9H16ClN5/c1-25-16-5-3-2-4-15(16)18(22)20-26(23,24)14-10-6-12(7-11-14)17(21)19-13-8-9-13;1-5-11-7-12-6(10)13-8(14-7)15-9(2,3)4/h2-7,10-11,13H,8-9H2,1H3,(H,19,21)(H,20,22);5H2,1-4H3,(H2,11,12,13,14,15). The van der Waals surface area contributed by atoms with Crippen LogP contribution in [0.5, 0.6) is 5.75 Å². The van der Waals surface area contributed by atoms with Crippen LogP contribution in [0.4, 0.5) is 11.9 Å². The van der Waals surface area contributed by atoms with E-state index in [0.29, 0.717) is 17.5 Å². The number of para-hydroxylation sites is 1. The van der Waals surface area contributed by atoms with Crippen LogP contribution >= 0.6 is 11.6 Å². The van der Waals surface area contributed by atoms with E-state index in [2.05, 4.69) is 30.9 Å². The quantitative estimate of drug-likeness (QED) is 0.282. The predicted molar refractivity (Wildman–Crippen MR) is 157 cm³/mol. The van der Waals surface area contributed by atoms with Gasteiger partial charge in [0.15, 0.2) is 0 Å². The fraction of sp³-hybridized carbons (Fsp3) is 0.370. The summed E-state index contributed by atoms with van der Waals surface area (Å²) in [6.07, 6.45) is 1.93. The third-order valence-electron chi connectivity index (χ3n) is 5.35. The molecule has 2 amide bonds. The lowest BCUT2D eigenvalue weighted by Gasteiger charge is -2.20. The highest BCUT2D eigenvalue weighted by Gasteiger charge is 2.25. The zero-order valence-electron chi connectivity index (χ0n) is 23.5. The third-order valence-corrected chi connectivity index (χ3v) is 6.86. The number of ether oxygens (including phenoxy) is 1. The maximum absolute atomic E-state index is 12.4. The fourth-order valence-electron chi connectivity index (χ4n) is 3.33. The van der Waals surface area contributed by atoms with Crippen LogP contribution in [0.25, 0.3) is 0 Å². The molecule has 0 spiro atoms. The van der Waals surface area contributed by atoms with Gasteiger partial charge in [0.05, 0.1) is 17.6 Å². The first-order chi connectivity index (χ1) is 19.3. The average Bonchev–Trinajstić information content (AvgIpc) is 3.71. The van der Waals surface area contributed by atoms with Gasteiger partial charge in [0.2, 0.25) is 17.2 Å². The van der Waals surface area contributed by atoms with Gasteiger partial charge >= 0.3 is 0 Å². The maximum atomic E-state index is 12.4. The first-order valence-corrected chi connectivity index (χ1v) is 14.7. The van der Waals surface area contributed by atoms with Crippen molar-refractivity contribution in [3.05, 3.63) is 64.9 Å². The Morgan fingerprint density at radius 2 is 1.61 bits per heavy atom. The topological polar surface area (TPSA) is 164 Å². The lowest BCUT2D eigenvalue weighted by Crippen LogP contribution is -2.31. The molecule has 0 saturated heterocycles. The Labute approximate surface area is 244 Å². The van der Waals surface area contributed by atoms with E-state index in [1.54, 1.807) is 18.2 Å². The van der Waals surface area contributed by atoms with Crippen LogP contribution in [0.15, 0.2) is 53.4 Å². The Morgan fingerprint density at radius 1 is 0.976 bits per heavy atom. The second kappa shape index (κ2) is 13.6. The Bertz CT molecular complexity index is 1470. The van der Waals surface area contributed by atoms with Crippen molar-refractivity contribution in [2.75, 3.05) is 24.3 Å². The number of sulfonamides is 1. The van der Waals surface area contributed by atoms with Crippen molar-refractivity contribution in [2.45, 2.75) is 57.0 Å². The molecule has 220 valence electrons. The van der Waals surface area contributed by atoms with E-state index in [1.165, 1.54) is 37.4 Å². The highest BCUT2D eigenvalue weighted by molar-refractivity contribution is 7.90. The second-order valence-corrected chi connectivity index (χ2v) is 12.1. The average molecular weight is 604 g/mol. The molecule has 4 rings (SSSR count). The molecule has 1 heterocycles. The number of aromatic nitrogens is 3. The first-order valence-electron chi connectivity index (χ1n) is 12.9. The Morgan fingerprint density at radius 3 is 2.20 bits per heavy atom. The van der Waals surface area contributed by atoms with Crippen molar-refractivity contribution >= 4 is 45.3 Å². The van der Waals surface area contributed by atoms with Gasteiger partial charge in [-0.1, -0.05) is 12.1 Å². The monoisotopic (exact) mass is 603 g/mol. The number of rotatable bonds is 9. The van der Waals surface area contributed by atoms with Gasteiger partial charge in [0.1, 0.15) is 5.75 Å². The summed E-state index contributed by atoms with van der Waals surface area (Å²) in [5, 5.41) is 9.13. The minimum Gasteiger partial charge on any atom is -0.496 e.